The smallest absolute Gasteiger partial charge is 0.371 e. The van der Waals surface area contributed by atoms with Crippen LogP contribution < -0.4 is 0 Å². The fourth-order valence-corrected chi connectivity index (χ4v) is 2.17. The number of morpholine rings is 1. The van der Waals surface area contributed by atoms with E-state index in [1.807, 2.05) is 6.07 Å². The fourth-order valence-electron chi connectivity index (χ4n) is 2.17. The first-order valence-electron chi connectivity index (χ1n) is 5.89. The molecule has 6 heteroatoms. The van der Waals surface area contributed by atoms with E-state index in [2.05, 4.69) is 0 Å². The molecular formula is C13H13F3N2O. The van der Waals surface area contributed by atoms with Gasteiger partial charge in [0.05, 0.1) is 30.9 Å². The monoisotopic (exact) mass is 270 g/mol. The van der Waals surface area contributed by atoms with E-state index in [1.165, 1.54) is 12.1 Å². The molecular weight excluding hydrogens is 257 g/mol. The lowest BCUT2D eigenvalue weighted by Crippen LogP contribution is -2.39. The highest BCUT2D eigenvalue weighted by Gasteiger charge is 2.36. The molecule has 102 valence electrons. The van der Waals surface area contributed by atoms with Crippen molar-refractivity contribution in [1.29, 1.82) is 5.26 Å². The Bertz CT molecular complexity index is 482. The van der Waals surface area contributed by atoms with Gasteiger partial charge >= 0.3 is 6.18 Å². The maximum atomic E-state index is 12.9. The van der Waals surface area contributed by atoms with E-state index < -0.39 is 17.8 Å². The molecule has 0 spiro atoms. The number of nitriles is 1. The first-order valence-corrected chi connectivity index (χ1v) is 5.89. The minimum atomic E-state index is -4.39. The second-order valence-corrected chi connectivity index (χ2v) is 4.34. The van der Waals surface area contributed by atoms with Crippen LogP contribution in [0.4, 0.5) is 13.2 Å². The van der Waals surface area contributed by atoms with E-state index in [9.17, 15) is 13.2 Å². The van der Waals surface area contributed by atoms with Crippen molar-refractivity contribution in [3.63, 3.8) is 0 Å². The third kappa shape index (κ3) is 3.25. The zero-order valence-electron chi connectivity index (χ0n) is 10.2. The van der Waals surface area contributed by atoms with Crippen LogP contribution in [-0.2, 0) is 10.9 Å². The van der Waals surface area contributed by atoms with E-state index in [1.54, 1.807) is 11.0 Å². The van der Waals surface area contributed by atoms with Crippen LogP contribution in [0.5, 0.6) is 0 Å². The molecule has 19 heavy (non-hydrogen) atoms. The Morgan fingerprint density at radius 2 is 2.11 bits per heavy atom. The zero-order valence-corrected chi connectivity index (χ0v) is 10.2. The predicted octanol–water partition coefficient (Wildman–Crippen LogP) is 2.60. The second kappa shape index (κ2) is 5.59. The normalized spacial score (nSPS) is 21.1. The van der Waals surface area contributed by atoms with Crippen molar-refractivity contribution >= 4 is 0 Å². The molecule has 0 aromatic heterocycles. The van der Waals surface area contributed by atoms with Crippen molar-refractivity contribution in [2.24, 2.45) is 0 Å². The van der Waals surface area contributed by atoms with Gasteiger partial charge < -0.3 is 4.74 Å². The molecule has 0 amide bonds. The summed E-state index contributed by atoms with van der Waals surface area (Å²) in [5.74, 6) is 0. The summed E-state index contributed by atoms with van der Waals surface area (Å²) in [6.07, 6.45) is -5.03. The van der Waals surface area contributed by atoms with Gasteiger partial charge in [-0.2, -0.15) is 18.4 Å². The van der Waals surface area contributed by atoms with E-state index >= 15 is 0 Å². The SMILES string of the molecule is N#CCN1CCO[C@H](c2ccccc2C(F)(F)F)C1. The van der Waals surface area contributed by atoms with Gasteiger partial charge in [0.15, 0.2) is 0 Å². The summed E-state index contributed by atoms with van der Waals surface area (Å²) in [6, 6.07) is 7.42. The first-order chi connectivity index (χ1) is 9.02. The molecule has 3 nitrogen and oxygen atoms in total. The lowest BCUT2D eigenvalue weighted by molar-refractivity contribution is -0.140. The Morgan fingerprint density at radius 1 is 1.37 bits per heavy atom. The molecule has 1 aliphatic heterocycles. The molecule has 2 rings (SSSR count). The summed E-state index contributed by atoms with van der Waals surface area (Å²) in [6.45, 7) is 1.41. The number of rotatable bonds is 2. The molecule has 0 bridgehead atoms. The fraction of sp³-hybridized carbons (Fsp3) is 0.462. The molecule has 0 aliphatic carbocycles. The molecule has 1 atom stereocenters. The average Bonchev–Trinajstić information content (AvgIpc) is 2.38. The minimum Gasteiger partial charge on any atom is -0.371 e. The van der Waals surface area contributed by atoms with E-state index in [-0.39, 0.29) is 12.1 Å². The number of nitrogens with zero attached hydrogens (tertiary/aromatic N) is 2. The highest BCUT2D eigenvalue weighted by molar-refractivity contribution is 5.32. The van der Waals surface area contributed by atoms with Crippen molar-refractivity contribution in [2.45, 2.75) is 12.3 Å². The number of hydrogen-bond acceptors (Lipinski definition) is 3. The Morgan fingerprint density at radius 3 is 2.79 bits per heavy atom. The molecule has 1 aliphatic rings. The number of benzene rings is 1. The average molecular weight is 270 g/mol. The lowest BCUT2D eigenvalue weighted by Gasteiger charge is -2.32. The second-order valence-electron chi connectivity index (χ2n) is 4.34. The molecule has 1 heterocycles. The van der Waals surface area contributed by atoms with Gasteiger partial charge in [-0.1, -0.05) is 18.2 Å². The molecule has 1 saturated heterocycles. The summed E-state index contributed by atoms with van der Waals surface area (Å²) in [7, 11) is 0. The largest absolute Gasteiger partial charge is 0.416 e. The Labute approximate surface area is 109 Å². The minimum absolute atomic E-state index is 0.137. The summed E-state index contributed by atoms with van der Waals surface area (Å²) in [4.78, 5) is 1.79. The van der Waals surface area contributed by atoms with Gasteiger partial charge in [0.1, 0.15) is 0 Å². The van der Waals surface area contributed by atoms with Gasteiger partial charge in [-0.25, -0.2) is 0 Å². The molecule has 0 unspecified atom stereocenters. The van der Waals surface area contributed by atoms with Crippen molar-refractivity contribution in [2.75, 3.05) is 26.2 Å². The predicted molar refractivity (Wildman–Crippen MR) is 62.2 cm³/mol. The van der Waals surface area contributed by atoms with Crippen LogP contribution in [0.1, 0.15) is 17.2 Å². The number of alkyl halides is 3. The standard InChI is InChI=1S/C13H13F3N2O/c14-13(15,16)11-4-2-1-3-10(11)12-9-18(6-5-17)7-8-19-12/h1-4,12H,6-9H2/t12-/m0/s1. The maximum absolute atomic E-state index is 12.9. The zero-order chi connectivity index (χ0) is 13.9. The molecule has 0 N–H and O–H groups in total. The third-order valence-corrected chi connectivity index (χ3v) is 3.06. The lowest BCUT2D eigenvalue weighted by atomic mass is 10.0. The van der Waals surface area contributed by atoms with Crippen LogP contribution in [0.25, 0.3) is 0 Å². The van der Waals surface area contributed by atoms with E-state index in [4.69, 9.17) is 10.00 Å². The Balaban J connectivity index is 2.24. The van der Waals surface area contributed by atoms with Crippen molar-refractivity contribution < 1.29 is 17.9 Å². The highest BCUT2D eigenvalue weighted by Crippen LogP contribution is 2.36. The van der Waals surface area contributed by atoms with Gasteiger partial charge in [0, 0.05) is 13.1 Å². The summed E-state index contributed by atoms with van der Waals surface area (Å²) >= 11 is 0. The number of hydrogen-bond donors (Lipinski definition) is 0. The summed E-state index contributed by atoms with van der Waals surface area (Å²) in [5.41, 5.74) is -0.531. The van der Waals surface area contributed by atoms with Gasteiger partial charge in [-0.3, -0.25) is 4.90 Å². The molecule has 1 fully saturated rings. The molecule has 0 saturated carbocycles. The van der Waals surface area contributed by atoms with Crippen LogP contribution >= 0.6 is 0 Å². The Hall–Kier alpha value is -1.58. The van der Waals surface area contributed by atoms with Crippen molar-refractivity contribution in [3.8, 4) is 6.07 Å². The van der Waals surface area contributed by atoms with Crippen LogP contribution in [0.3, 0.4) is 0 Å². The van der Waals surface area contributed by atoms with Crippen LogP contribution in [0.15, 0.2) is 24.3 Å². The van der Waals surface area contributed by atoms with Crippen LogP contribution in [0, 0.1) is 11.3 Å². The van der Waals surface area contributed by atoms with Crippen LogP contribution in [0.2, 0.25) is 0 Å². The maximum Gasteiger partial charge on any atom is 0.416 e. The first kappa shape index (κ1) is 13.8. The van der Waals surface area contributed by atoms with Crippen molar-refractivity contribution in [3.05, 3.63) is 35.4 Å². The van der Waals surface area contributed by atoms with E-state index in [0.29, 0.717) is 19.7 Å². The van der Waals surface area contributed by atoms with Gasteiger partial charge in [0.25, 0.3) is 0 Å². The van der Waals surface area contributed by atoms with E-state index in [0.717, 1.165) is 6.07 Å². The molecule has 0 radical (unpaired) electrons. The molecule has 1 aromatic rings. The summed E-state index contributed by atoms with van der Waals surface area (Å²) in [5, 5.41) is 8.65. The van der Waals surface area contributed by atoms with Crippen molar-refractivity contribution in [1.82, 2.24) is 4.90 Å². The number of ether oxygens (including phenoxy) is 1. The Kier molecular flexibility index (Phi) is 4.08. The van der Waals surface area contributed by atoms with Gasteiger partial charge in [-0.05, 0) is 11.6 Å². The summed E-state index contributed by atoms with van der Waals surface area (Å²) < 4.78 is 44.2. The quantitative estimate of drug-likeness (QED) is 0.775. The topological polar surface area (TPSA) is 36.3 Å². The highest BCUT2D eigenvalue weighted by atomic mass is 19.4. The molecule has 1 aromatic carbocycles. The van der Waals surface area contributed by atoms with Gasteiger partial charge in [-0.15, -0.1) is 0 Å². The number of halogens is 3. The third-order valence-electron chi connectivity index (χ3n) is 3.06. The van der Waals surface area contributed by atoms with Crippen LogP contribution in [-0.4, -0.2) is 31.1 Å². The van der Waals surface area contributed by atoms with Gasteiger partial charge in [0.2, 0.25) is 0 Å².